The van der Waals surface area contributed by atoms with E-state index < -0.39 is 39.1 Å². The molecule has 0 aromatic heterocycles. The lowest BCUT2D eigenvalue weighted by Gasteiger charge is -2.24. The number of carbonyl (C=O) groups excluding carboxylic acids is 2. The first-order chi connectivity index (χ1) is 14.8. The van der Waals surface area contributed by atoms with Crippen molar-refractivity contribution in [3.05, 3.63) is 18.2 Å². The van der Waals surface area contributed by atoms with Crippen LogP contribution in [0.25, 0.3) is 0 Å². The molecule has 0 heterocycles. The van der Waals surface area contributed by atoms with Gasteiger partial charge in [0.1, 0.15) is 43.1 Å². The monoisotopic (exact) mass is 480 g/mol. The highest BCUT2D eigenvalue weighted by molar-refractivity contribution is 7.47. The van der Waals surface area contributed by atoms with E-state index in [1.807, 2.05) is 21.1 Å². The first-order valence-electron chi connectivity index (χ1n) is 9.75. The summed E-state index contributed by atoms with van der Waals surface area (Å²) in [4.78, 5) is 33.0. The van der Waals surface area contributed by atoms with Crippen molar-refractivity contribution in [1.82, 2.24) is 0 Å². The predicted molar refractivity (Wildman–Crippen MR) is 111 cm³/mol. The van der Waals surface area contributed by atoms with Gasteiger partial charge >= 0.3 is 19.8 Å². The molecule has 0 bridgehead atoms. The molecule has 1 unspecified atom stereocenters. The van der Waals surface area contributed by atoms with Gasteiger partial charge in [0.05, 0.1) is 27.7 Å². The van der Waals surface area contributed by atoms with Crippen molar-refractivity contribution in [1.29, 1.82) is 0 Å². The van der Waals surface area contributed by atoms with E-state index in [1.54, 1.807) is 0 Å². The van der Waals surface area contributed by atoms with E-state index in [9.17, 15) is 34.4 Å². The Kier molecular flexibility index (Phi) is 11.1. The number of phosphoric ester groups is 1. The number of phenolic OH excluding ortho intramolecular Hbond substituents is 2. The SMILES string of the molecule is C[N+](C)(C)CCOP(=O)(O)OC[C@H](O)COC(=O)CCCC(=O)Oc1cc(O)cc(O)c1. The zero-order valence-electron chi connectivity index (χ0n) is 18.3. The molecule has 32 heavy (non-hydrogen) atoms. The Morgan fingerprint density at radius 2 is 1.59 bits per heavy atom. The van der Waals surface area contributed by atoms with E-state index in [-0.39, 0.29) is 43.1 Å². The average molecular weight is 480 g/mol. The van der Waals surface area contributed by atoms with Crippen molar-refractivity contribution < 1.29 is 57.4 Å². The van der Waals surface area contributed by atoms with Crippen molar-refractivity contribution in [2.75, 3.05) is 47.5 Å². The van der Waals surface area contributed by atoms with Crippen molar-refractivity contribution >= 4 is 19.8 Å². The Morgan fingerprint density at radius 1 is 1.00 bits per heavy atom. The Hall–Kier alpha value is -2.21. The molecule has 2 atom stereocenters. The highest BCUT2D eigenvalue weighted by Crippen LogP contribution is 2.43. The average Bonchev–Trinajstić information content (AvgIpc) is 2.62. The third-order valence-electron chi connectivity index (χ3n) is 3.75. The van der Waals surface area contributed by atoms with E-state index in [1.165, 1.54) is 0 Å². The van der Waals surface area contributed by atoms with Crippen LogP contribution >= 0.6 is 7.82 Å². The van der Waals surface area contributed by atoms with Crippen LogP contribution in [0.5, 0.6) is 17.2 Å². The number of quaternary nitrogens is 1. The summed E-state index contributed by atoms with van der Waals surface area (Å²) >= 11 is 0. The predicted octanol–water partition coefficient (Wildman–Crippen LogP) is 0.917. The lowest BCUT2D eigenvalue weighted by Crippen LogP contribution is -2.37. The van der Waals surface area contributed by atoms with Gasteiger partial charge in [-0.05, 0) is 6.42 Å². The third-order valence-corrected chi connectivity index (χ3v) is 4.74. The number of phosphoric acid groups is 1. The molecule has 1 aromatic rings. The maximum Gasteiger partial charge on any atom is 0.472 e. The molecular weight excluding hydrogens is 449 g/mol. The fraction of sp³-hybridized carbons (Fsp3) is 0.579. The van der Waals surface area contributed by atoms with Crippen LogP contribution in [-0.2, 0) is 27.9 Å². The number of phenols is 2. The molecule has 13 heteroatoms. The molecule has 0 aliphatic carbocycles. The van der Waals surface area contributed by atoms with Gasteiger partial charge in [-0.15, -0.1) is 0 Å². The first-order valence-corrected chi connectivity index (χ1v) is 11.2. The molecule has 12 nitrogen and oxygen atoms in total. The molecule has 0 aliphatic heterocycles. The lowest BCUT2D eigenvalue weighted by molar-refractivity contribution is -0.870. The van der Waals surface area contributed by atoms with Crippen LogP contribution < -0.4 is 4.74 Å². The molecule has 0 aliphatic rings. The minimum Gasteiger partial charge on any atom is -0.508 e. The summed E-state index contributed by atoms with van der Waals surface area (Å²) < 4.78 is 31.5. The quantitative estimate of drug-likeness (QED) is 0.129. The summed E-state index contributed by atoms with van der Waals surface area (Å²) in [5, 5.41) is 28.4. The van der Waals surface area contributed by atoms with Gasteiger partial charge in [0.2, 0.25) is 0 Å². The Labute approximate surface area is 186 Å². The number of carbonyl (C=O) groups is 2. The standard InChI is InChI=1S/C19H30NO11P/c1-20(2,3)7-8-29-32(26,27)30-13-16(23)12-28-18(24)5-4-6-19(25)31-17-10-14(21)9-15(22)11-17/h9-11,16,23H,4-8,12-13H2,1-3H3,(H2-,21,22,26,27)/p+1/t16-/m1/s1. The summed E-state index contributed by atoms with van der Waals surface area (Å²) in [6, 6.07) is 3.37. The van der Waals surface area contributed by atoms with Crippen LogP contribution in [-0.4, -0.2) is 90.2 Å². The number of esters is 2. The Balaban J connectivity index is 2.21. The number of benzene rings is 1. The molecule has 0 saturated carbocycles. The van der Waals surface area contributed by atoms with Gasteiger partial charge < -0.3 is 34.2 Å². The Morgan fingerprint density at radius 3 is 2.19 bits per heavy atom. The van der Waals surface area contributed by atoms with E-state index in [2.05, 4.69) is 4.52 Å². The van der Waals surface area contributed by atoms with E-state index in [4.69, 9.17) is 14.0 Å². The molecule has 4 N–H and O–H groups in total. The topological polar surface area (TPSA) is 169 Å². The number of aliphatic hydroxyl groups excluding tert-OH is 1. The molecule has 182 valence electrons. The zero-order valence-corrected chi connectivity index (χ0v) is 19.2. The molecular formula is C19H31NO11P+. The van der Waals surface area contributed by atoms with Crippen LogP contribution in [0, 0.1) is 0 Å². The van der Waals surface area contributed by atoms with E-state index in [0.717, 1.165) is 18.2 Å². The molecule has 0 fully saturated rings. The van der Waals surface area contributed by atoms with Gasteiger partial charge in [0.15, 0.2) is 0 Å². The normalized spacial score (nSPS) is 14.4. The van der Waals surface area contributed by atoms with Gasteiger partial charge in [-0.1, -0.05) is 0 Å². The van der Waals surface area contributed by atoms with Gasteiger partial charge in [-0.25, -0.2) is 4.57 Å². The maximum absolute atomic E-state index is 11.7. The lowest BCUT2D eigenvalue weighted by atomic mass is 10.2. The summed E-state index contributed by atoms with van der Waals surface area (Å²) in [5.41, 5.74) is 0. The largest absolute Gasteiger partial charge is 0.508 e. The summed E-state index contributed by atoms with van der Waals surface area (Å²) in [5.74, 6) is -1.96. The number of aromatic hydroxyl groups is 2. The van der Waals surface area contributed by atoms with E-state index in [0.29, 0.717) is 11.0 Å². The second-order valence-electron chi connectivity index (χ2n) is 7.96. The number of hydrogen-bond donors (Lipinski definition) is 4. The fourth-order valence-electron chi connectivity index (χ4n) is 2.14. The molecule has 1 rings (SSSR count). The summed E-state index contributed by atoms with van der Waals surface area (Å²) in [6.07, 6.45) is -1.51. The Bertz CT molecular complexity index is 789. The summed E-state index contributed by atoms with van der Waals surface area (Å²) in [6.45, 7) is -0.589. The zero-order chi connectivity index (χ0) is 24.4. The highest BCUT2D eigenvalue weighted by Gasteiger charge is 2.24. The van der Waals surface area contributed by atoms with Gasteiger partial charge in [-0.3, -0.25) is 18.6 Å². The van der Waals surface area contributed by atoms with Crippen molar-refractivity contribution in [2.24, 2.45) is 0 Å². The number of ether oxygens (including phenoxy) is 2. The number of nitrogens with zero attached hydrogens (tertiary/aromatic N) is 1. The first kappa shape index (κ1) is 27.8. The van der Waals surface area contributed by atoms with Gasteiger partial charge in [0, 0.05) is 31.0 Å². The number of hydrogen-bond acceptors (Lipinski definition) is 10. The third kappa shape index (κ3) is 13.3. The van der Waals surface area contributed by atoms with Crippen LogP contribution in [0.15, 0.2) is 18.2 Å². The van der Waals surface area contributed by atoms with E-state index >= 15 is 0 Å². The van der Waals surface area contributed by atoms with Crippen LogP contribution in [0.3, 0.4) is 0 Å². The van der Waals surface area contributed by atoms with Crippen LogP contribution in [0.2, 0.25) is 0 Å². The molecule has 0 spiro atoms. The maximum atomic E-state index is 11.7. The number of aliphatic hydroxyl groups is 1. The molecule has 0 radical (unpaired) electrons. The minimum atomic E-state index is -4.34. The molecule has 0 saturated heterocycles. The number of rotatable bonds is 14. The molecule has 0 amide bonds. The minimum absolute atomic E-state index is 0.0165. The van der Waals surface area contributed by atoms with Gasteiger partial charge in [0.25, 0.3) is 0 Å². The summed E-state index contributed by atoms with van der Waals surface area (Å²) in [7, 11) is 1.31. The smallest absolute Gasteiger partial charge is 0.472 e. The van der Waals surface area contributed by atoms with Gasteiger partial charge in [-0.2, -0.15) is 0 Å². The van der Waals surface area contributed by atoms with Crippen molar-refractivity contribution in [2.45, 2.75) is 25.4 Å². The second kappa shape index (κ2) is 12.7. The van der Waals surface area contributed by atoms with Crippen LogP contribution in [0.4, 0.5) is 0 Å². The number of likely N-dealkylation sites (N-methyl/N-ethyl adjacent to an activating group) is 1. The second-order valence-corrected chi connectivity index (χ2v) is 9.41. The van der Waals surface area contributed by atoms with Crippen molar-refractivity contribution in [3.63, 3.8) is 0 Å². The fourth-order valence-corrected chi connectivity index (χ4v) is 2.89. The van der Waals surface area contributed by atoms with Crippen LogP contribution in [0.1, 0.15) is 19.3 Å². The van der Waals surface area contributed by atoms with Crippen molar-refractivity contribution in [3.8, 4) is 17.2 Å². The molecule has 1 aromatic carbocycles. The highest BCUT2D eigenvalue weighted by atomic mass is 31.2.